The van der Waals surface area contributed by atoms with Gasteiger partial charge < -0.3 is 10.1 Å². The molecule has 2 aromatic carbocycles. The molecule has 2 aliphatic carbocycles. The molecule has 7 heteroatoms. The van der Waals surface area contributed by atoms with Crippen LogP contribution in [-0.2, 0) is 16.0 Å². The molecule has 1 N–H and O–H groups in total. The van der Waals surface area contributed by atoms with Gasteiger partial charge in [0.15, 0.2) is 6.10 Å². The Hall–Kier alpha value is -3.69. The van der Waals surface area contributed by atoms with Crippen LogP contribution in [0.2, 0.25) is 5.02 Å². The van der Waals surface area contributed by atoms with Crippen molar-refractivity contribution < 1.29 is 14.3 Å². The first-order valence-electron chi connectivity index (χ1n) is 14.8. The van der Waals surface area contributed by atoms with Crippen molar-refractivity contribution in [3.05, 3.63) is 75.9 Å². The van der Waals surface area contributed by atoms with Gasteiger partial charge in [-0.05, 0) is 84.9 Å². The molecule has 6 nitrogen and oxygen atoms in total. The summed E-state index contributed by atoms with van der Waals surface area (Å²) in [6.07, 6.45) is 6.59. The van der Waals surface area contributed by atoms with Crippen LogP contribution in [0.1, 0.15) is 93.4 Å². The first-order valence-corrected chi connectivity index (χ1v) is 15.2. The maximum absolute atomic E-state index is 14.0. The standard InChI is InChI=1S/C35H38ClN3O3/c1-22(32(40)39-35(21-37)16-8-5-9-17-35)42-33(41)30-27-10-6-7-11-29(27)38-31-24(18-23-12-14-26(36)15-13-23)19-25(20-28(30)31)34(2,3)4/h6-7,10-15,18,22,25H,5,8-9,16-17,19-20H2,1-4H3,(H,39,40)/b24-18+. The Morgan fingerprint density at radius 2 is 1.79 bits per heavy atom. The summed E-state index contributed by atoms with van der Waals surface area (Å²) in [6, 6.07) is 17.6. The molecule has 1 aromatic heterocycles. The minimum absolute atomic E-state index is 0.0254. The van der Waals surface area contributed by atoms with Crippen LogP contribution in [0.4, 0.5) is 0 Å². The molecule has 2 atom stereocenters. The van der Waals surface area contributed by atoms with Crippen molar-refractivity contribution in [3.8, 4) is 6.07 Å². The van der Waals surface area contributed by atoms with Crippen LogP contribution in [-0.4, -0.2) is 28.5 Å². The second-order valence-electron chi connectivity index (χ2n) is 12.8. The van der Waals surface area contributed by atoms with Gasteiger partial charge in [0.05, 0.1) is 22.8 Å². The van der Waals surface area contributed by atoms with Crippen LogP contribution in [0.15, 0.2) is 48.5 Å². The number of amides is 1. The average Bonchev–Trinajstić information content (AvgIpc) is 2.97. The minimum atomic E-state index is -1.06. The van der Waals surface area contributed by atoms with Gasteiger partial charge in [-0.2, -0.15) is 5.26 Å². The Morgan fingerprint density at radius 1 is 1.10 bits per heavy atom. The zero-order valence-electron chi connectivity index (χ0n) is 24.8. The van der Waals surface area contributed by atoms with Crippen molar-refractivity contribution in [3.63, 3.8) is 0 Å². The summed E-state index contributed by atoms with van der Waals surface area (Å²) in [5, 5.41) is 14.1. The Labute approximate surface area is 253 Å². The number of aromatic nitrogens is 1. The Morgan fingerprint density at radius 3 is 2.45 bits per heavy atom. The highest BCUT2D eigenvalue weighted by Gasteiger charge is 2.38. The van der Waals surface area contributed by atoms with Crippen LogP contribution >= 0.6 is 11.6 Å². The summed E-state index contributed by atoms with van der Waals surface area (Å²) < 4.78 is 5.87. The van der Waals surface area contributed by atoms with Gasteiger partial charge in [0.25, 0.3) is 5.91 Å². The number of nitrogens with zero attached hydrogens (tertiary/aromatic N) is 2. The molecule has 0 spiro atoms. The lowest BCUT2D eigenvalue weighted by molar-refractivity contribution is -0.130. The molecule has 218 valence electrons. The molecule has 42 heavy (non-hydrogen) atoms. The summed E-state index contributed by atoms with van der Waals surface area (Å²) >= 11 is 6.14. The third-order valence-corrected chi connectivity index (χ3v) is 9.04. The summed E-state index contributed by atoms with van der Waals surface area (Å²) in [4.78, 5) is 32.3. The number of hydrogen-bond acceptors (Lipinski definition) is 5. The third-order valence-electron chi connectivity index (χ3n) is 8.79. The summed E-state index contributed by atoms with van der Waals surface area (Å²) in [5.41, 5.74) is 3.92. The fourth-order valence-corrected chi connectivity index (χ4v) is 6.29. The van der Waals surface area contributed by atoms with Crippen LogP contribution in [0.3, 0.4) is 0 Å². The molecule has 0 radical (unpaired) electrons. The smallest absolute Gasteiger partial charge is 0.339 e. The van der Waals surface area contributed by atoms with E-state index in [-0.39, 0.29) is 11.3 Å². The highest BCUT2D eigenvalue weighted by atomic mass is 35.5. The highest BCUT2D eigenvalue weighted by Crippen LogP contribution is 2.45. The van der Waals surface area contributed by atoms with E-state index < -0.39 is 23.5 Å². The Balaban J connectivity index is 1.55. The molecule has 0 saturated heterocycles. The fourth-order valence-electron chi connectivity index (χ4n) is 6.16. The van der Waals surface area contributed by atoms with E-state index in [1.165, 1.54) is 0 Å². The van der Waals surface area contributed by atoms with E-state index in [4.69, 9.17) is 21.3 Å². The lowest BCUT2D eigenvalue weighted by Gasteiger charge is -2.37. The normalized spacial score (nSPS) is 19.9. The molecule has 1 heterocycles. The van der Waals surface area contributed by atoms with Gasteiger partial charge in [-0.3, -0.25) is 4.79 Å². The number of para-hydroxylation sites is 1. The SMILES string of the molecule is CC(OC(=O)c1c2c(nc3ccccc13)/C(=C/c1ccc(Cl)cc1)CC(C(C)(C)C)C2)C(=O)NC1(C#N)CCCCC1. The number of esters is 1. The molecule has 2 unspecified atom stereocenters. The molecule has 2 aliphatic rings. The van der Waals surface area contributed by atoms with Gasteiger partial charge in [0.2, 0.25) is 0 Å². The first kappa shape index (κ1) is 29.8. The van der Waals surface area contributed by atoms with E-state index in [1.54, 1.807) is 6.92 Å². The largest absolute Gasteiger partial charge is 0.449 e. The second kappa shape index (κ2) is 11.9. The zero-order chi connectivity index (χ0) is 30.1. The molecular formula is C35H38ClN3O3. The number of nitrogens with one attached hydrogen (secondary N) is 1. The van der Waals surface area contributed by atoms with Crippen LogP contribution in [0, 0.1) is 22.7 Å². The summed E-state index contributed by atoms with van der Waals surface area (Å²) in [5.74, 6) is -0.752. The molecule has 0 bridgehead atoms. The lowest BCUT2D eigenvalue weighted by Crippen LogP contribution is -2.52. The van der Waals surface area contributed by atoms with E-state index in [0.717, 1.165) is 48.1 Å². The van der Waals surface area contributed by atoms with Crippen molar-refractivity contribution in [1.29, 1.82) is 5.26 Å². The predicted octanol–water partition coefficient (Wildman–Crippen LogP) is 7.93. The van der Waals surface area contributed by atoms with Gasteiger partial charge in [0, 0.05) is 10.4 Å². The van der Waals surface area contributed by atoms with Gasteiger partial charge in [0.1, 0.15) is 5.54 Å². The number of rotatable bonds is 5. The molecule has 1 saturated carbocycles. The number of hydrogen-bond donors (Lipinski definition) is 1. The zero-order valence-corrected chi connectivity index (χ0v) is 25.6. The van der Waals surface area contributed by atoms with Gasteiger partial charge in [-0.15, -0.1) is 0 Å². The molecule has 5 rings (SSSR count). The van der Waals surface area contributed by atoms with Crippen LogP contribution in [0.5, 0.6) is 0 Å². The number of nitriles is 1. The number of ether oxygens (including phenoxy) is 1. The number of allylic oxidation sites excluding steroid dienone is 1. The first-order chi connectivity index (χ1) is 20.0. The topological polar surface area (TPSA) is 92.1 Å². The van der Waals surface area contributed by atoms with Gasteiger partial charge in [-0.25, -0.2) is 9.78 Å². The number of carbonyl (C=O) groups excluding carboxylic acids is 2. The number of fused-ring (bicyclic) bond motifs is 2. The van der Waals surface area contributed by atoms with Crippen LogP contribution in [0.25, 0.3) is 22.6 Å². The summed E-state index contributed by atoms with van der Waals surface area (Å²) in [7, 11) is 0. The molecular weight excluding hydrogens is 546 g/mol. The molecule has 1 fully saturated rings. The Kier molecular flexibility index (Phi) is 8.44. The quantitative estimate of drug-likeness (QED) is 0.308. The van der Waals surface area contributed by atoms with Crippen molar-refractivity contribution in [2.45, 2.75) is 84.3 Å². The lowest BCUT2D eigenvalue weighted by atomic mass is 9.69. The van der Waals surface area contributed by atoms with Gasteiger partial charge >= 0.3 is 5.97 Å². The van der Waals surface area contributed by atoms with E-state index in [2.05, 4.69) is 38.2 Å². The van der Waals surface area contributed by atoms with Crippen molar-refractivity contribution in [1.82, 2.24) is 10.3 Å². The molecule has 3 aromatic rings. The minimum Gasteiger partial charge on any atom is -0.449 e. The second-order valence-corrected chi connectivity index (χ2v) is 13.3. The highest BCUT2D eigenvalue weighted by molar-refractivity contribution is 6.30. The monoisotopic (exact) mass is 583 g/mol. The number of pyridine rings is 1. The third kappa shape index (κ3) is 6.22. The number of carbonyl (C=O) groups is 2. The van der Waals surface area contributed by atoms with E-state index in [9.17, 15) is 14.9 Å². The average molecular weight is 584 g/mol. The number of benzene rings is 2. The fraction of sp³-hybridized carbons (Fsp3) is 0.429. The van der Waals surface area contributed by atoms with E-state index >= 15 is 0 Å². The van der Waals surface area contributed by atoms with Crippen LogP contribution < -0.4 is 5.32 Å². The predicted molar refractivity (Wildman–Crippen MR) is 167 cm³/mol. The van der Waals surface area contributed by atoms with Gasteiger partial charge in [-0.1, -0.05) is 82.0 Å². The Bertz CT molecular complexity index is 1570. The molecule has 0 aliphatic heterocycles. The van der Waals surface area contributed by atoms with Crippen molar-refractivity contribution in [2.24, 2.45) is 11.3 Å². The van der Waals surface area contributed by atoms with Crippen molar-refractivity contribution in [2.75, 3.05) is 0 Å². The van der Waals surface area contributed by atoms with E-state index in [1.807, 2.05) is 48.5 Å². The maximum Gasteiger partial charge on any atom is 0.339 e. The number of halogens is 1. The van der Waals surface area contributed by atoms with Crippen molar-refractivity contribution >= 4 is 46.0 Å². The molecule has 1 amide bonds. The maximum atomic E-state index is 14.0. The summed E-state index contributed by atoms with van der Waals surface area (Å²) in [6.45, 7) is 8.23. The van der Waals surface area contributed by atoms with E-state index in [0.29, 0.717) is 40.8 Å².